The highest BCUT2D eigenvalue weighted by atomic mass is 32.2. The number of fused-ring (bicyclic) bond motifs is 1. The van der Waals surface area contributed by atoms with Crippen LogP contribution in [0.4, 0.5) is 0 Å². The van der Waals surface area contributed by atoms with Crippen LogP contribution in [0.3, 0.4) is 0 Å². The van der Waals surface area contributed by atoms with Gasteiger partial charge in [-0.25, -0.2) is 17.9 Å². The minimum atomic E-state index is -3.83. The quantitative estimate of drug-likeness (QED) is 0.483. The van der Waals surface area contributed by atoms with Crippen molar-refractivity contribution in [3.63, 3.8) is 0 Å². The third kappa shape index (κ3) is 4.55. The summed E-state index contributed by atoms with van der Waals surface area (Å²) >= 11 is 0. The molecule has 1 saturated heterocycles. The maximum atomic E-state index is 13.3. The van der Waals surface area contributed by atoms with Gasteiger partial charge in [-0.05, 0) is 51.3 Å². The molecule has 10 nitrogen and oxygen atoms in total. The number of hydrogen-bond acceptors (Lipinski definition) is 7. The Morgan fingerprint density at radius 1 is 1.17 bits per heavy atom. The Morgan fingerprint density at radius 3 is 2.58 bits per heavy atom. The monoisotopic (exact) mass is 515 g/mol. The lowest BCUT2D eigenvalue weighted by atomic mass is 10.00. The predicted molar refractivity (Wildman–Crippen MR) is 135 cm³/mol. The highest BCUT2D eigenvalue weighted by Crippen LogP contribution is 2.34. The van der Waals surface area contributed by atoms with E-state index in [2.05, 4.69) is 4.98 Å². The van der Waals surface area contributed by atoms with E-state index in [9.17, 15) is 18.3 Å². The molecule has 2 fully saturated rings. The molecular weight excluding hydrogens is 482 g/mol. The third-order valence-corrected chi connectivity index (χ3v) is 9.05. The number of nitrogens with zero attached hydrogens (tertiary/aromatic N) is 4. The van der Waals surface area contributed by atoms with Crippen LogP contribution in [0.25, 0.3) is 16.9 Å². The van der Waals surface area contributed by atoms with Crippen molar-refractivity contribution in [1.82, 2.24) is 23.9 Å². The van der Waals surface area contributed by atoms with Gasteiger partial charge in [-0.3, -0.25) is 4.79 Å². The van der Waals surface area contributed by atoms with E-state index in [0.717, 1.165) is 31.5 Å². The van der Waals surface area contributed by atoms with E-state index in [0.29, 0.717) is 35.6 Å². The Bertz CT molecular complexity index is 1420. The normalized spacial score (nSPS) is 20.1. The molecule has 1 saturated carbocycles. The van der Waals surface area contributed by atoms with Gasteiger partial charge < -0.3 is 14.8 Å². The SMILES string of the molecule is CCOc1ccc(S(=O)(=O)N2CCC(O)C2)cc1-c1nn2c(C3CCCCCC3)nc(C)c2c(=O)[nH]1. The molecule has 1 unspecified atom stereocenters. The summed E-state index contributed by atoms with van der Waals surface area (Å²) < 4.78 is 35.3. The predicted octanol–water partition coefficient (Wildman–Crippen LogP) is 2.98. The standard InChI is InChI=1S/C25H33N5O5S/c1-3-35-21-11-10-19(36(33,34)29-13-12-18(31)15-29)14-20(21)23-27-25(32)22-16(2)26-24(30(22)28-23)17-8-6-4-5-7-9-17/h10-11,14,17-18,31H,3-9,12-13,15H2,1-2H3,(H,27,28,32). The number of aliphatic hydroxyl groups is 1. The molecule has 0 radical (unpaired) electrons. The number of imidazole rings is 1. The van der Waals surface area contributed by atoms with Crippen LogP contribution in [0.2, 0.25) is 0 Å². The molecule has 0 amide bonds. The molecule has 0 spiro atoms. The molecule has 36 heavy (non-hydrogen) atoms. The summed E-state index contributed by atoms with van der Waals surface area (Å²) in [7, 11) is -3.83. The van der Waals surface area contributed by atoms with Crippen molar-refractivity contribution in [2.75, 3.05) is 19.7 Å². The van der Waals surface area contributed by atoms with Crippen molar-refractivity contribution in [1.29, 1.82) is 0 Å². The van der Waals surface area contributed by atoms with Crippen LogP contribution in [-0.2, 0) is 10.0 Å². The molecule has 3 aromatic rings. The van der Waals surface area contributed by atoms with Gasteiger partial charge >= 0.3 is 0 Å². The summed E-state index contributed by atoms with van der Waals surface area (Å²) in [6.07, 6.45) is 6.37. The van der Waals surface area contributed by atoms with Crippen LogP contribution in [0, 0.1) is 6.92 Å². The number of aliphatic hydroxyl groups excluding tert-OH is 1. The molecule has 5 rings (SSSR count). The lowest BCUT2D eigenvalue weighted by molar-refractivity contribution is 0.189. The average molecular weight is 516 g/mol. The van der Waals surface area contributed by atoms with Crippen LogP contribution in [0.15, 0.2) is 27.9 Å². The Kier molecular flexibility index (Phi) is 6.88. The number of hydrogen-bond donors (Lipinski definition) is 2. The zero-order valence-electron chi connectivity index (χ0n) is 20.7. The summed E-state index contributed by atoms with van der Waals surface area (Å²) in [6.45, 7) is 4.33. The summed E-state index contributed by atoms with van der Waals surface area (Å²) in [5, 5.41) is 14.6. The second kappa shape index (κ2) is 9.95. The second-order valence-corrected chi connectivity index (χ2v) is 11.6. The second-order valence-electron chi connectivity index (χ2n) is 9.70. The molecule has 2 aliphatic rings. The van der Waals surface area contributed by atoms with Crippen LogP contribution in [0.5, 0.6) is 5.75 Å². The number of nitrogens with one attached hydrogen (secondary N) is 1. The molecule has 2 aromatic heterocycles. The van der Waals surface area contributed by atoms with Crippen LogP contribution >= 0.6 is 0 Å². The van der Waals surface area contributed by atoms with Crippen molar-refractivity contribution in [3.05, 3.63) is 40.1 Å². The number of ether oxygens (including phenoxy) is 1. The molecule has 3 heterocycles. The van der Waals surface area contributed by atoms with E-state index in [1.807, 2.05) is 13.8 Å². The molecule has 2 N–H and O–H groups in total. The van der Waals surface area contributed by atoms with Gasteiger partial charge in [0.1, 0.15) is 11.6 Å². The lowest BCUT2D eigenvalue weighted by Gasteiger charge is -2.18. The van der Waals surface area contributed by atoms with Crippen LogP contribution < -0.4 is 10.3 Å². The van der Waals surface area contributed by atoms with Crippen molar-refractivity contribution in [2.45, 2.75) is 75.7 Å². The largest absolute Gasteiger partial charge is 0.493 e. The summed E-state index contributed by atoms with van der Waals surface area (Å²) in [6, 6.07) is 4.57. The maximum absolute atomic E-state index is 13.3. The van der Waals surface area contributed by atoms with E-state index in [1.54, 1.807) is 10.6 Å². The minimum Gasteiger partial charge on any atom is -0.493 e. The Morgan fingerprint density at radius 2 is 1.92 bits per heavy atom. The van der Waals surface area contributed by atoms with Gasteiger partial charge in [0.15, 0.2) is 11.3 Å². The molecular formula is C25H33N5O5S. The first kappa shape index (κ1) is 24.9. The lowest BCUT2D eigenvalue weighted by Crippen LogP contribution is -2.29. The zero-order valence-corrected chi connectivity index (χ0v) is 21.6. The highest BCUT2D eigenvalue weighted by molar-refractivity contribution is 7.89. The van der Waals surface area contributed by atoms with E-state index in [4.69, 9.17) is 14.8 Å². The van der Waals surface area contributed by atoms with Gasteiger partial charge in [0.2, 0.25) is 10.0 Å². The topological polar surface area (TPSA) is 130 Å². The van der Waals surface area contributed by atoms with Crippen molar-refractivity contribution >= 4 is 15.5 Å². The van der Waals surface area contributed by atoms with Crippen molar-refractivity contribution in [2.24, 2.45) is 0 Å². The molecule has 0 bridgehead atoms. The number of aromatic nitrogens is 4. The van der Waals surface area contributed by atoms with Crippen LogP contribution in [-0.4, -0.2) is 63.2 Å². The first-order chi connectivity index (χ1) is 17.3. The molecule has 1 atom stereocenters. The minimum absolute atomic E-state index is 0.0589. The zero-order chi connectivity index (χ0) is 25.4. The van der Waals surface area contributed by atoms with Gasteiger partial charge in [-0.15, -0.1) is 5.10 Å². The van der Waals surface area contributed by atoms with E-state index in [-0.39, 0.29) is 35.3 Å². The molecule has 1 aliphatic carbocycles. The van der Waals surface area contributed by atoms with Crippen LogP contribution in [0.1, 0.15) is 69.3 Å². The fourth-order valence-electron chi connectivity index (χ4n) is 5.33. The van der Waals surface area contributed by atoms with Gasteiger partial charge in [-0.1, -0.05) is 25.7 Å². The van der Waals surface area contributed by atoms with Crippen molar-refractivity contribution < 1.29 is 18.3 Å². The smallest absolute Gasteiger partial charge is 0.277 e. The Hall–Kier alpha value is -2.76. The van der Waals surface area contributed by atoms with Crippen molar-refractivity contribution in [3.8, 4) is 17.1 Å². The number of aromatic amines is 1. The Balaban J connectivity index is 1.64. The average Bonchev–Trinajstić information content (AvgIpc) is 3.32. The van der Waals surface area contributed by atoms with Gasteiger partial charge in [-0.2, -0.15) is 4.31 Å². The summed E-state index contributed by atoms with van der Waals surface area (Å²) in [4.78, 5) is 20.8. The van der Waals surface area contributed by atoms with Gasteiger partial charge in [0, 0.05) is 19.0 Å². The molecule has 11 heteroatoms. The number of benzene rings is 1. The number of H-pyrrole nitrogens is 1. The molecule has 194 valence electrons. The van der Waals surface area contributed by atoms with Gasteiger partial charge in [0.25, 0.3) is 5.56 Å². The fraction of sp³-hybridized carbons (Fsp3) is 0.560. The third-order valence-electron chi connectivity index (χ3n) is 7.19. The van der Waals surface area contributed by atoms with E-state index >= 15 is 0 Å². The van der Waals surface area contributed by atoms with Gasteiger partial charge in [0.05, 0.1) is 28.9 Å². The highest BCUT2D eigenvalue weighted by Gasteiger charge is 2.32. The first-order valence-corrected chi connectivity index (χ1v) is 14.2. The van der Waals surface area contributed by atoms with E-state index < -0.39 is 16.1 Å². The first-order valence-electron chi connectivity index (χ1n) is 12.7. The molecule has 1 aromatic carbocycles. The Labute approximate surface area is 210 Å². The van der Waals surface area contributed by atoms with E-state index in [1.165, 1.54) is 29.3 Å². The number of aryl methyl sites for hydroxylation is 1. The number of β-amino-alcohol motifs (C(OH)–C–C–N with tert-alkyl or cyclic N) is 1. The summed E-state index contributed by atoms with van der Waals surface area (Å²) in [5.41, 5.74) is 1.09. The maximum Gasteiger partial charge on any atom is 0.277 e. The fourth-order valence-corrected chi connectivity index (χ4v) is 6.85. The summed E-state index contributed by atoms with van der Waals surface area (Å²) in [5.74, 6) is 1.65. The molecule has 1 aliphatic heterocycles. The number of rotatable bonds is 6. The number of sulfonamides is 1.